The number of ether oxygens (including phenoxy) is 1. The quantitative estimate of drug-likeness (QED) is 0.717. The van der Waals surface area contributed by atoms with Crippen molar-refractivity contribution in [2.45, 2.75) is 6.42 Å². The summed E-state index contributed by atoms with van der Waals surface area (Å²) in [6.07, 6.45) is 0.850. The minimum atomic E-state index is -0.205. The maximum absolute atomic E-state index is 12.1. The van der Waals surface area contributed by atoms with E-state index in [0.29, 0.717) is 18.1 Å². The van der Waals surface area contributed by atoms with Crippen molar-refractivity contribution in [1.29, 1.82) is 0 Å². The van der Waals surface area contributed by atoms with Crippen molar-refractivity contribution in [3.8, 4) is 0 Å². The number of benzene rings is 1. The number of hydrogen-bond acceptors (Lipinski definition) is 6. The molecule has 3 rings (SSSR count). The van der Waals surface area contributed by atoms with Crippen molar-refractivity contribution in [3.63, 3.8) is 0 Å². The molecule has 0 bridgehead atoms. The van der Waals surface area contributed by atoms with Gasteiger partial charge in [0.1, 0.15) is 5.82 Å². The second-order valence-electron chi connectivity index (χ2n) is 6.32. The molecule has 0 radical (unpaired) electrons. The Morgan fingerprint density at radius 2 is 1.85 bits per heavy atom. The van der Waals surface area contributed by atoms with Crippen LogP contribution in [0.3, 0.4) is 0 Å². The maximum atomic E-state index is 12.1. The second kappa shape index (κ2) is 10.2. The van der Waals surface area contributed by atoms with Gasteiger partial charge in [-0.05, 0) is 36.2 Å². The molecular formula is C19H24ClN5O2. The van der Waals surface area contributed by atoms with Crippen LogP contribution in [0.25, 0.3) is 0 Å². The van der Waals surface area contributed by atoms with Gasteiger partial charge in [0.2, 0.25) is 0 Å². The molecule has 8 heteroatoms. The summed E-state index contributed by atoms with van der Waals surface area (Å²) in [4.78, 5) is 14.4. The Morgan fingerprint density at radius 1 is 1.07 bits per heavy atom. The predicted molar refractivity (Wildman–Crippen MR) is 105 cm³/mol. The standard InChI is InChI=1S/C19H24ClN5O2/c20-16-3-1-15(2-4-16)7-8-21-18-6-5-17(23-24-18)19(26)22-9-10-25-11-13-27-14-12-25/h1-6H,7-14H2,(H,21,24)(H,22,26). The number of anilines is 1. The number of carbonyl (C=O) groups is 1. The maximum Gasteiger partial charge on any atom is 0.271 e. The lowest BCUT2D eigenvalue weighted by Crippen LogP contribution is -2.41. The number of nitrogens with one attached hydrogen (secondary N) is 2. The molecule has 0 atom stereocenters. The molecule has 1 amide bonds. The number of halogens is 1. The van der Waals surface area contributed by atoms with Gasteiger partial charge in [-0.15, -0.1) is 10.2 Å². The number of rotatable bonds is 8. The van der Waals surface area contributed by atoms with Gasteiger partial charge in [0.05, 0.1) is 13.2 Å². The summed E-state index contributed by atoms with van der Waals surface area (Å²) in [6.45, 7) is 5.45. The first-order chi connectivity index (χ1) is 13.2. The molecule has 0 aliphatic carbocycles. The highest BCUT2D eigenvalue weighted by Gasteiger charge is 2.12. The van der Waals surface area contributed by atoms with Crippen LogP contribution in [0.2, 0.25) is 5.02 Å². The first kappa shape index (κ1) is 19.5. The highest BCUT2D eigenvalue weighted by Crippen LogP contribution is 2.10. The molecular weight excluding hydrogens is 366 g/mol. The lowest BCUT2D eigenvalue weighted by molar-refractivity contribution is 0.0383. The third-order valence-corrected chi connectivity index (χ3v) is 4.60. The lowest BCUT2D eigenvalue weighted by atomic mass is 10.1. The first-order valence-electron chi connectivity index (χ1n) is 9.11. The van der Waals surface area contributed by atoms with Crippen LogP contribution in [0.5, 0.6) is 0 Å². The van der Waals surface area contributed by atoms with Crippen molar-refractivity contribution in [3.05, 3.63) is 52.7 Å². The van der Waals surface area contributed by atoms with E-state index in [2.05, 4.69) is 25.7 Å². The molecule has 0 spiro atoms. The van der Waals surface area contributed by atoms with Crippen LogP contribution in [-0.2, 0) is 11.2 Å². The zero-order valence-electron chi connectivity index (χ0n) is 15.2. The van der Waals surface area contributed by atoms with E-state index in [1.807, 2.05) is 24.3 Å². The number of amides is 1. The summed E-state index contributed by atoms with van der Waals surface area (Å²) < 4.78 is 5.31. The van der Waals surface area contributed by atoms with Crippen LogP contribution >= 0.6 is 11.6 Å². The Labute approximate surface area is 164 Å². The number of aromatic nitrogens is 2. The van der Waals surface area contributed by atoms with Crippen LogP contribution in [-0.4, -0.2) is 66.9 Å². The summed E-state index contributed by atoms with van der Waals surface area (Å²) in [5, 5.41) is 14.9. The van der Waals surface area contributed by atoms with Gasteiger partial charge in [0.15, 0.2) is 5.69 Å². The molecule has 2 aromatic rings. The second-order valence-corrected chi connectivity index (χ2v) is 6.75. The molecule has 7 nitrogen and oxygen atoms in total. The molecule has 144 valence electrons. The van der Waals surface area contributed by atoms with Crippen molar-refractivity contribution < 1.29 is 9.53 Å². The van der Waals surface area contributed by atoms with Crippen molar-refractivity contribution in [2.24, 2.45) is 0 Å². The highest BCUT2D eigenvalue weighted by atomic mass is 35.5. The molecule has 1 aromatic carbocycles. The molecule has 0 unspecified atom stereocenters. The fourth-order valence-corrected chi connectivity index (χ4v) is 2.90. The Bertz CT molecular complexity index is 718. The summed E-state index contributed by atoms with van der Waals surface area (Å²) >= 11 is 5.88. The lowest BCUT2D eigenvalue weighted by Gasteiger charge is -2.26. The molecule has 2 heterocycles. The van der Waals surface area contributed by atoms with E-state index in [1.54, 1.807) is 12.1 Å². The Kier molecular flexibility index (Phi) is 7.38. The molecule has 2 N–H and O–H groups in total. The van der Waals surface area contributed by atoms with Gasteiger partial charge < -0.3 is 15.4 Å². The van der Waals surface area contributed by atoms with Gasteiger partial charge >= 0.3 is 0 Å². The van der Waals surface area contributed by atoms with Crippen LogP contribution in [0, 0.1) is 0 Å². The summed E-state index contributed by atoms with van der Waals surface area (Å²) in [5.74, 6) is 0.442. The minimum Gasteiger partial charge on any atom is -0.379 e. The van der Waals surface area contributed by atoms with Gasteiger partial charge in [0, 0.05) is 37.7 Å². The average Bonchev–Trinajstić information content (AvgIpc) is 2.71. The molecule has 1 aliphatic heterocycles. The fraction of sp³-hybridized carbons (Fsp3) is 0.421. The number of hydrogen-bond donors (Lipinski definition) is 2. The third-order valence-electron chi connectivity index (χ3n) is 4.35. The normalized spacial score (nSPS) is 14.7. The summed E-state index contributed by atoms with van der Waals surface area (Å²) in [6, 6.07) is 11.2. The Balaban J connectivity index is 1.38. The zero-order valence-corrected chi connectivity index (χ0v) is 15.9. The van der Waals surface area contributed by atoms with Gasteiger partial charge in [-0.25, -0.2) is 0 Å². The van der Waals surface area contributed by atoms with Crippen molar-refractivity contribution in [2.75, 3.05) is 51.3 Å². The van der Waals surface area contributed by atoms with E-state index in [4.69, 9.17) is 16.3 Å². The smallest absolute Gasteiger partial charge is 0.271 e. The zero-order chi connectivity index (χ0) is 18.9. The molecule has 1 saturated heterocycles. The van der Waals surface area contributed by atoms with Crippen LogP contribution in [0.4, 0.5) is 5.82 Å². The number of carbonyl (C=O) groups excluding carboxylic acids is 1. The van der Waals surface area contributed by atoms with E-state index in [1.165, 1.54) is 5.56 Å². The molecule has 0 saturated carbocycles. The topological polar surface area (TPSA) is 79.4 Å². The SMILES string of the molecule is O=C(NCCN1CCOCC1)c1ccc(NCCc2ccc(Cl)cc2)nn1. The van der Waals surface area contributed by atoms with Crippen LogP contribution in [0.15, 0.2) is 36.4 Å². The molecule has 27 heavy (non-hydrogen) atoms. The summed E-state index contributed by atoms with van der Waals surface area (Å²) in [5.41, 5.74) is 1.51. The van der Waals surface area contributed by atoms with Gasteiger partial charge in [-0.3, -0.25) is 9.69 Å². The minimum absolute atomic E-state index is 0.205. The number of morpholine rings is 1. The number of nitrogens with zero attached hydrogens (tertiary/aromatic N) is 3. The van der Waals surface area contributed by atoms with E-state index in [9.17, 15) is 4.79 Å². The van der Waals surface area contributed by atoms with Gasteiger partial charge in [-0.2, -0.15) is 0 Å². The van der Waals surface area contributed by atoms with E-state index in [0.717, 1.165) is 50.8 Å². The Morgan fingerprint density at radius 3 is 2.56 bits per heavy atom. The molecule has 1 fully saturated rings. The largest absolute Gasteiger partial charge is 0.379 e. The highest BCUT2D eigenvalue weighted by molar-refractivity contribution is 6.30. The van der Waals surface area contributed by atoms with Gasteiger partial charge in [-0.1, -0.05) is 23.7 Å². The van der Waals surface area contributed by atoms with Crippen LogP contribution in [0.1, 0.15) is 16.1 Å². The van der Waals surface area contributed by atoms with Crippen LogP contribution < -0.4 is 10.6 Å². The molecule has 1 aliphatic rings. The predicted octanol–water partition coefficient (Wildman–Crippen LogP) is 1.85. The van der Waals surface area contributed by atoms with E-state index < -0.39 is 0 Å². The average molecular weight is 390 g/mol. The van der Waals surface area contributed by atoms with Crippen molar-refractivity contribution >= 4 is 23.3 Å². The fourth-order valence-electron chi connectivity index (χ4n) is 2.78. The third kappa shape index (κ3) is 6.46. The van der Waals surface area contributed by atoms with Crippen molar-refractivity contribution in [1.82, 2.24) is 20.4 Å². The van der Waals surface area contributed by atoms with E-state index in [-0.39, 0.29) is 5.91 Å². The van der Waals surface area contributed by atoms with Gasteiger partial charge in [0.25, 0.3) is 5.91 Å². The first-order valence-corrected chi connectivity index (χ1v) is 9.49. The molecule has 1 aromatic heterocycles. The summed E-state index contributed by atoms with van der Waals surface area (Å²) in [7, 11) is 0. The monoisotopic (exact) mass is 389 g/mol. The Hall–Kier alpha value is -2.22. The van der Waals surface area contributed by atoms with E-state index >= 15 is 0 Å².